The Morgan fingerprint density at radius 2 is 1.69 bits per heavy atom. The zero-order chi connectivity index (χ0) is 25.2. The van der Waals surface area contributed by atoms with Gasteiger partial charge in [-0.05, 0) is 68.1 Å². The number of carbonyl (C=O) groups excluding carboxylic acids is 1. The fourth-order valence-corrected chi connectivity index (χ4v) is 3.86. The zero-order valence-electron chi connectivity index (χ0n) is 19.5. The number of ether oxygens (including phenoxy) is 1. The maximum Gasteiger partial charge on any atom is 0.416 e. The molecule has 0 fully saturated rings. The van der Waals surface area contributed by atoms with Gasteiger partial charge >= 0.3 is 6.18 Å². The summed E-state index contributed by atoms with van der Waals surface area (Å²) in [4.78, 5) is 13.3. The Labute approximate surface area is 201 Å². The molecular weight excluding hydrogens is 455 g/mol. The Balaban J connectivity index is 1.64. The number of hydrogen-bond donors (Lipinski definition) is 1. The van der Waals surface area contributed by atoms with Crippen LogP contribution in [0.15, 0.2) is 60.7 Å². The predicted molar refractivity (Wildman–Crippen MR) is 128 cm³/mol. The predicted octanol–water partition coefficient (Wildman–Crippen LogP) is 6.34. The van der Waals surface area contributed by atoms with Crippen LogP contribution in [-0.4, -0.2) is 22.6 Å². The Bertz CT molecular complexity index is 1400. The van der Waals surface area contributed by atoms with E-state index in [9.17, 15) is 18.0 Å². The summed E-state index contributed by atoms with van der Waals surface area (Å²) in [6, 6.07) is 15.9. The summed E-state index contributed by atoms with van der Waals surface area (Å²) in [6.07, 6.45) is -3.91. The molecule has 4 aromatic rings. The maximum absolute atomic E-state index is 13.3. The summed E-state index contributed by atoms with van der Waals surface area (Å²) in [7, 11) is 0. The van der Waals surface area contributed by atoms with Crippen molar-refractivity contribution >= 4 is 16.8 Å². The average Bonchev–Trinajstić information content (AvgIpc) is 2.80. The lowest BCUT2D eigenvalue weighted by molar-refractivity contribution is -0.137. The molecule has 1 aromatic heterocycles. The van der Waals surface area contributed by atoms with Gasteiger partial charge in [-0.25, -0.2) is 0 Å². The lowest BCUT2D eigenvalue weighted by atomic mass is 10.0. The molecule has 0 saturated heterocycles. The molecule has 0 radical (unpaired) electrons. The third kappa shape index (κ3) is 5.59. The molecule has 5 nitrogen and oxygen atoms in total. The number of amides is 1. The van der Waals surface area contributed by atoms with Gasteiger partial charge in [-0.15, -0.1) is 10.2 Å². The standard InChI is InChI=1S/C27H24F3N3O2/c1-16-7-9-19(18(3)13-16)11-12-31-25(34)24-22-10-8-17(2)14-23(22)32-33-26(24)35-21-6-4-5-20(15-21)27(28,29)30/h4-10,13-15H,11-12H2,1-3H3,(H,31,34). The minimum Gasteiger partial charge on any atom is -0.437 e. The normalized spacial score (nSPS) is 11.5. The van der Waals surface area contributed by atoms with Gasteiger partial charge in [0.2, 0.25) is 0 Å². The van der Waals surface area contributed by atoms with E-state index < -0.39 is 17.6 Å². The monoisotopic (exact) mass is 479 g/mol. The summed E-state index contributed by atoms with van der Waals surface area (Å²) in [5.74, 6) is -0.699. The smallest absolute Gasteiger partial charge is 0.416 e. The number of carbonyl (C=O) groups is 1. The quantitative estimate of drug-likeness (QED) is 0.351. The number of aromatic nitrogens is 2. The Hall–Kier alpha value is -3.94. The summed E-state index contributed by atoms with van der Waals surface area (Å²) < 4.78 is 45.1. The fourth-order valence-electron chi connectivity index (χ4n) is 3.86. The lowest BCUT2D eigenvalue weighted by Gasteiger charge is -2.14. The zero-order valence-corrected chi connectivity index (χ0v) is 19.5. The van der Waals surface area contributed by atoms with Gasteiger partial charge in [0.05, 0.1) is 11.1 Å². The van der Waals surface area contributed by atoms with E-state index in [-0.39, 0.29) is 17.2 Å². The highest BCUT2D eigenvalue weighted by atomic mass is 19.4. The number of hydrogen-bond acceptors (Lipinski definition) is 4. The number of benzene rings is 3. The fraction of sp³-hybridized carbons (Fsp3) is 0.222. The van der Waals surface area contributed by atoms with Crippen LogP contribution in [0, 0.1) is 20.8 Å². The first-order chi connectivity index (χ1) is 16.6. The second-order valence-electron chi connectivity index (χ2n) is 8.46. The number of rotatable bonds is 6. The van der Waals surface area contributed by atoms with Crippen LogP contribution in [0.3, 0.4) is 0 Å². The third-order valence-electron chi connectivity index (χ3n) is 5.67. The van der Waals surface area contributed by atoms with Crippen molar-refractivity contribution in [3.8, 4) is 11.6 Å². The largest absolute Gasteiger partial charge is 0.437 e. The Kier molecular flexibility index (Phi) is 6.73. The van der Waals surface area contributed by atoms with E-state index in [1.807, 2.05) is 39.0 Å². The van der Waals surface area contributed by atoms with Crippen LogP contribution in [0.2, 0.25) is 0 Å². The van der Waals surface area contributed by atoms with Crippen molar-refractivity contribution < 1.29 is 22.7 Å². The van der Waals surface area contributed by atoms with Crippen LogP contribution >= 0.6 is 0 Å². The number of nitrogens with one attached hydrogen (secondary N) is 1. The minimum atomic E-state index is -4.53. The SMILES string of the molecule is Cc1ccc(CCNC(=O)c2c(Oc3cccc(C(F)(F)F)c3)nnc3cc(C)ccc23)c(C)c1. The molecule has 1 amide bonds. The molecule has 0 unspecified atom stereocenters. The molecule has 0 spiro atoms. The first-order valence-corrected chi connectivity index (χ1v) is 11.1. The van der Waals surface area contributed by atoms with Crippen molar-refractivity contribution in [1.29, 1.82) is 0 Å². The summed E-state index contributed by atoms with van der Waals surface area (Å²) in [5, 5.41) is 11.5. The van der Waals surface area contributed by atoms with Gasteiger partial charge in [0.25, 0.3) is 11.8 Å². The second kappa shape index (κ2) is 9.74. The van der Waals surface area contributed by atoms with Crippen LogP contribution < -0.4 is 10.1 Å². The van der Waals surface area contributed by atoms with E-state index in [2.05, 4.69) is 21.6 Å². The van der Waals surface area contributed by atoms with Crippen LogP contribution in [0.5, 0.6) is 11.6 Å². The van der Waals surface area contributed by atoms with Crippen LogP contribution in [0.4, 0.5) is 13.2 Å². The van der Waals surface area contributed by atoms with Gasteiger partial charge in [0, 0.05) is 11.9 Å². The van der Waals surface area contributed by atoms with Crippen molar-refractivity contribution in [3.63, 3.8) is 0 Å². The molecule has 0 aliphatic heterocycles. The number of fused-ring (bicyclic) bond motifs is 1. The third-order valence-corrected chi connectivity index (χ3v) is 5.67. The molecule has 0 aliphatic carbocycles. The molecule has 0 bridgehead atoms. The number of halogens is 3. The van der Waals surface area contributed by atoms with Crippen LogP contribution in [-0.2, 0) is 12.6 Å². The highest BCUT2D eigenvalue weighted by Crippen LogP contribution is 2.34. The summed E-state index contributed by atoms with van der Waals surface area (Å²) >= 11 is 0. The molecular formula is C27H24F3N3O2. The molecule has 4 rings (SSSR count). The molecule has 3 aromatic carbocycles. The highest BCUT2D eigenvalue weighted by Gasteiger charge is 2.31. The van der Waals surface area contributed by atoms with E-state index in [0.717, 1.165) is 34.4 Å². The Morgan fingerprint density at radius 3 is 2.43 bits per heavy atom. The van der Waals surface area contributed by atoms with E-state index in [1.165, 1.54) is 12.1 Å². The van der Waals surface area contributed by atoms with Crippen molar-refractivity contribution in [2.24, 2.45) is 0 Å². The van der Waals surface area contributed by atoms with Crippen molar-refractivity contribution in [2.45, 2.75) is 33.4 Å². The molecule has 1 heterocycles. The van der Waals surface area contributed by atoms with E-state index >= 15 is 0 Å². The van der Waals surface area contributed by atoms with Crippen molar-refractivity contribution in [2.75, 3.05) is 6.54 Å². The van der Waals surface area contributed by atoms with Gasteiger partial charge in [-0.3, -0.25) is 4.79 Å². The molecule has 0 saturated carbocycles. The highest BCUT2D eigenvalue weighted by molar-refractivity contribution is 6.08. The van der Waals surface area contributed by atoms with Crippen LogP contribution in [0.1, 0.15) is 38.2 Å². The van der Waals surface area contributed by atoms with Crippen LogP contribution in [0.25, 0.3) is 10.9 Å². The lowest BCUT2D eigenvalue weighted by Crippen LogP contribution is -2.27. The summed E-state index contributed by atoms with van der Waals surface area (Å²) in [5.41, 5.74) is 4.09. The Morgan fingerprint density at radius 1 is 0.943 bits per heavy atom. The van der Waals surface area contributed by atoms with Crippen molar-refractivity contribution in [1.82, 2.24) is 15.5 Å². The van der Waals surface area contributed by atoms with Gasteiger partial charge in [-0.2, -0.15) is 13.2 Å². The van der Waals surface area contributed by atoms with Gasteiger partial charge in [0.1, 0.15) is 11.3 Å². The maximum atomic E-state index is 13.3. The molecule has 35 heavy (non-hydrogen) atoms. The van der Waals surface area contributed by atoms with Crippen molar-refractivity contribution in [3.05, 3.63) is 94.0 Å². The van der Waals surface area contributed by atoms with E-state index in [1.54, 1.807) is 12.1 Å². The average molecular weight is 480 g/mol. The number of alkyl halides is 3. The van der Waals surface area contributed by atoms with Gasteiger partial charge < -0.3 is 10.1 Å². The molecule has 180 valence electrons. The molecule has 0 aliphatic rings. The minimum absolute atomic E-state index is 0.0927. The first kappa shape index (κ1) is 24.2. The topological polar surface area (TPSA) is 64.1 Å². The summed E-state index contributed by atoms with van der Waals surface area (Å²) in [6.45, 7) is 6.29. The first-order valence-electron chi connectivity index (χ1n) is 11.1. The molecule has 8 heteroatoms. The molecule has 1 N–H and O–H groups in total. The van der Waals surface area contributed by atoms with Gasteiger partial charge in [0.15, 0.2) is 0 Å². The number of aryl methyl sites for hydroxylation is 3. The van der Waals surface area contributed by atoms with Gasteiger partial charge in [-0.1, -0.05) is 42.0 Å². The molecule has 0 atom stereocenters. The second-order valence-corrected chi connectivity index (χ2v) is 8.46. The number of nitrogens with zero attached hydrogens (tertiary/aromatic N) is 2. The van der Waals surface area contributed by atoms with E-state index in [4.69, 9.17) is 4.74 Å². The van der Waals surface area contributed by atoms with E-state index in [0.29, 0.717) is 23.9 Å².